The average Bonchev–Trinajstić information content (AvgIpc) is 3.00. The Kier molecular flexibility index (Phi) is 5.61. The van der Waals surface area contributed by atoms with Crippen molar-refractivity contribution < 1.29 is 14.3 Å². The van der Waals surface area contributed by atoms with E-state index in [1.807, 2.05) is 31.4 Å². The van der Waals surface area contributed by atoms with Crippen molar-refractivity contribution in [2.75, 3.05) is 19.7 Å². The van der Waals surface area contributed by atoms with Gasteiger partial charge >= 0.3 is 6.09 Å². The molecule has 2 rings (SSSR count). The molecule has 1 N–H and O–H groups in total. The highest BCUT2D eigenvalue weighted by atomic mass is 32.1. The van der Waals surface area contributed by atoms with Crippen LogP contribution in [0.25, 0.3) is 0 Å². The molecule has 1 aromatic heterocycles. The lowest BCUT2D eigenvalue weighted by molar-refractivity contribution is 0.0786. The Hall–Kier alpha value is -1.56. The fourth-order valence-corrected chi connectivity index (χ4v) is 2.83. The third kappa shape index (κ3) is 4.74. The molecule has 0 spiro atoms. The number of nitrogens with zero attached hydrogens (tertiary/aromatic N) is 1. The van der Waals surface area contributed by atoms with E-state index < -0.39 is 0 Å². The number of amides is 2. The quantitative estimate of drug-likeness (QED) is 0.930. The smallest absolute Gasteiger partial charge is 0.409 e. The Morgan fingerprint density at radius 3 is 2.71 bits per heavy atom. The molecule has 0 saturated carbocycles. The van der Waals surface area contributed by atoms with Crippen molar-refractivity contribution in [2.45, 2.75) is 32.7 Å². The summed E-state index contributed by atoms with van der Waals surface area (Å²) in [4.78, 5) is 26.2. The highest BCUT2D eigenvalue weighted by Gasteiger charge is 2.25. The van der Waals surface area contributed by atoms with Crippen molar-refractivity contribution in [3.8, 4) is 0 Å². The lowest BCUT2D eigenvalue weighted by atomic mass is 10.1. The molecule has 21 heavy (non-hydrogen) atoms. The van der Waals surface area contributed by atoms with Crippen molar-refractivity contribution in [1.82, 2.24) is 10.2 Å². The molecule has 0 radical (unpaired) electrons. The van der Waals surface area contributed by atoms with Crippen molar-refractivity contribution in [3.05, 3.63) is 22.4 Å². The summed E-state index contributed by atoms with van der Waals surface area (Å²) in [6.07, 6.45) is 1.30. The van der Waals surface area contributed by atoms with Gasteiger partial charge in [0, 0.05) is 19.1 Å². The van der Waals surface area contributed by atoms with Gasteiger partial charge in [-0.25, -0.2) is 4.79 Å². The fourth-order valence-electron chi connectivity index (χ4n) is 2.20. The van der Waals surface area contributed by atoms with E-state index in [0.29, 0.717) is 25.6 Å². The standard InChI is InChI=1S/C15H22N2O3S/c1-11(2)10-20-15(19)17-7-5-12(6-8-17)16-14(18)13-4-3-9-21-13/h3-4,9,11-12H,5-8,10H2,1-2H3,(H,16,18). The number of likely N-dealkylation sites (tertiary alicyclic amines) is 1. The number of ether oxygens (including phenoxy) is 1. The second kappa shape index (κ2) is 7.45. The van der Waals surface area contributed by atoms with Gasteiger partial charge < -0.3 is 15.0 Å². The predicted molar refractivity (Wildman–Crippen MR) is 82.6 cm³/mol. The van der Waals surface area contributed by atoms with Gasteiger partial charge in [-0.3, -0.25) is 4.79 Å². The Bertz CT molecular complexity index is 465. The van der Waals surface area contributed by atoms with Crippen LogP contribution in [0.3, 0.4) is 0 Å². The zero-order chi connectivity index (χ0) is 15.2. The molecule has 0 atom stereocenters. The summed E-state index contributed by atoms with van der Waals surface area (Å²) in [5, 5.41) is 4.91. The maximum atomic E-state index is 12.0. The number of piperidine rings is 1. The van der Waals surface area contributed by atoms with Gasteiger partial charge in [0.15, 0.2) is 0 Å². The number of carbonyl (C=O) groups excluding carboxylic acids is 2. The number of carbonyl (C=O) groups is 2. The first-order chi connectivity index (χ1) is 10.1. The minimum Gasteiger partial charge on any atom is -0.449 e. The fraction of sp³-hybridized carbons (Fsp3) is 0.600. The third-order valence-corrected chi connectivity index (χ3v) is 4.24. The maximum Gasteiger partial charge on any atom is 0.409 e. The van der Waals surface area contributed by atoms with Gasteiger partial charge in [0.2, 0.25) is 0 Å². The summed E-state index contributed by atoms with van der Waals surface area (Å²) in [6, 6.07) is 3.82. The number of hydrogen-bond acceptors (Lipinski definition) is 4. The van der Waals surface area contributed by atoms with Crippen LogP contribution >= 0.6 is 11.3 Å². The summed E-state index contributed by atoms with van der Waals surface area (Å²) in [7, 11) is 0. The zero-order valence-corrected chi connectivity index (χ0v) is 13.3. The van der Waals surface area contributed by atoms with E-state index in [1.54, 1.807) is 4.90 Å². The van der Waals surface area contributed by atoms with Crippen LogP contribution in [-0.2, 0) is 4.74 Å². The predicted octanol–water partition coefficient (Wildman–Crippen LogP) is 2.73. The Morgan fingerprint density at radius 2 is 2.14 bits per heavy atom. The summed E-state index contributed by atoms with van der Waals surface area (Å²) in [5.41, 5.74) is 0. The van der Waals surface area contributed by atoms with E-state index in [0.717, 1.165) is 17.7 Å². The molecule has 1 fully saturated rings. The van der Waals surface area contributed by atoms with Gasteiger partial charge in [0.05, 0.1) is 11.5 Å². The molecule has 0 aliphatic carbocycles. The number of nitrogens with one attached hydrogen (secondary N) is 1. The van der Waals surface area contributed by atoms with E-state index in [9.17, 15) is 9.59 Å². The largest absolute Gasteiger partial charge is 0.449 e. The zero-order valence-electron chi connectivity index (χ0n) is 12.5. The second-order valence-electron chi connectivity index (χ2n) is 5.68. The van der Waals surface area contributed by atoms with Crippen molar-refractivity contribution in [3.63, 3.8) is 0 Å². The van der Waals surface area contributed by atoms with Crippen molar-refractivity contribution in [2.24, 2.45) is 5.92 Å². The highest BCUT2D eigenvalue weighted by molar-refractivity contribution is 7.12. The molecule has 0 bridgehead atoms. The topological polar surface area (TPSA) is 58.6 Å². The van der Waals surface area contributed by atoms with E-state index >= 15 is 0 Å². The van der Waals surface area contributed by atoms with Crippen LogP contribution in [0.4, 0.5) is 4.79 Å². The molecule has 2 heterocycles. The van der Waals surface area contributed by atoms with E-state index in [1.165, 1.54) is 11.3 Å². The van der Waals surface area contributed by atoms with Crippen LogP contribution in [0.15, 0.2) is 17.5 Å². The van der Waals surface area contributed by atoms with Gasteiger partial charge in [0.1, 0.15) is 0 Å². The van der Waals surface area contributed by atoms with Crippen molar-refractivity contribution >= 4 is 23.3 Å². The lowest BCUT2D eigenvalue weighted by Crippen LogP contribution is -2.46. The van der Waals surface area contributed by atoms with Crippen LogP contribution in [0.5, 0.6) is 0 Å². The summed E-state index contributed by atoms with van der Waals surface area (Å²) < 4.78 is 5.22. The minimum absolute atomic E-state index is 0.0224. The molecule has 116 valence electrons. The van der Waals surface area contributed by atoms with E-state index in [-0.39, 0.29) is 18.0 Å². The first kappa shape index (κ1) is 15.8. The van der Waals surface area contributed by atoms with Crippen LogP contribution in [0.2, 0.25) is 0 Å². The van der Waals surface area contributed by atoms with Gasteiger partial charge in [0.25, 0.3) is 5.91 Å². The van der Waals surface area contributed by atoms with Gasteiger partial charge in [-0.15, -0.1) is 11.3 Å². The molecule has 1 aliphatic heterocycles. The molecule has 0 unspecified atom stereocenters. The third-order valence-electron chi connectivity index (χ3n) is 3.37. The Balaban J connectivity index is 1.73. The monoisotopic (exact) mass is 310 g/mol. The molecule has 1 saturated heterocycles. The van der Waals surface area contributed by atoms with Crippen LogP contribution in [0, 0.1) is 5.92 Å². The number of rotatable bonds is 4. The average molecular weight is 310 g/mol. The molecular formula is C15H22N2O3S. The maximum absolute atomic E-state index is 12.0. The number of hydrogen-bond donors (Lipinski definition) is 1. The van der Waals surface area contributed by atoms with E-state index in [2.05, 4.69) is 5.32 Å². The second-order valence-corrected chi connectivity index (χ2v) is 6.63. The summed E-state index contributed by atoms with van der Waals surface area (Å²) in [6.45, 7) is 5.74. The first-order valence-corrected chi connectivity index (χ1v) is 8.20. The highest BCUT2D eigenvalue weighted by Crippen LogP contribution is 2.14. The summed E-state index contributed by atoms with van der Waals surface area (Å²) in [5.74, 6) is 0.322. The Labute approximate surface area is 129 Å². The Morgan fingerprint density at radius 1 is 1.43 bits per heavy atom. The first-order valence-electron chi connectivity index (χ1n) is 7.32. The van der Waals surface area contributed by atoms with Crippen LogP contribution in [0.1, 0.15) is 36.4 Å². The molecular weight excluding hydrogens is 288 g/mol. The number of thiophene rings is 1. The molecule has 1 aliphatic rings. The van der Waals surface area contributed by atoms with Crippen LogP contribution < -0.4 is 5.32 Å². The molecule has 6 heteroatoms. The van der Waals surface area contributed by atoms with Gasteiger partial charge in [-0.05, 0) is 30.2 Å². The molecule has 5 nitrogen and oxygen atoms in total. The lowest BCUT2D eigenvalue weighted by Gasteiger charge is -2.31. The minimum atomic E-state index is -0.244. The SMILES string of the molecule is CC(C)COC(=O)N1CCC(NC(=O)c2cccs2)CC1. The van der Waals surface area contributed by atoms with Crippen LogP contribution in [-0.4, -0.2) is 42.6 Å². The molecule has 1 aromatic rings. The van der Waals surface area contributed by atoms with Gasteiger partial charge in [-0.1, -0.05) is 19.9 Å². The van der Waals surface area contributed by atoms with Crippen molar-refractivity contribution in [1.29, 1.82) is 0 Å². The van der Waals surface area contributed by atoms with E-state index in [4.69, 9.17) is 4.74 Å². The van der Waals surface area contributed by atoms with Gasteiger partial charge in [-0.2, -0.15) is 0 Å². The summed E-state index contributed by atoms with van der Waals surface area (Å²) >= 11 is 1.44. The normalized spacial score (nSPS) is 16.0. The molecule has 2 amide bonds. The molecule has 0 aromatic carbocycles.